The predicted molar refractivity (Wildman–Crippen MR) is 87.2 cm³/mol. The van der Waals surface area contributed by atoms with Crippen LogP contribution < -0.4 is 20.1 Å². The third-order valence-electron chi connectivity index (χ3n) is 2.71. The van der Waals surface area contributed by atoms with Gasteiger partial charge in [-0.1, -0.05) is 12.1 Å². The van der Waals surface area contributed by atoms with Gasteiger partial charge in [0, 0.05) is 13.1 Å². The number of hydrogen-bond donors (Lipinski definition) is 2. The fourth-order valence-electron chi connectivity index (χ4n) is 1.77. The van der Waals surface area contributed by atoms with Crippen molar-refractivity contribution in [1.29, 1.82) is 0 Å². The topological polar surface area (TPSA) is 54.9 Å². The summed E-state index contributed by atoms with van der Waals surface area (Å²) in [5.41, 5.74) is 1.06. The Labute approximate surface area is 127 Å². The smallest absolute Gasteiger partial charge is 0.191 e. The molecule has 0 amide bonds. The van der Waals surface area contributed by atoms with Gasteiger partial charge in [0.15, 0.2) is 17.5 Å². The molecule has 0 saturated carbocycles. The number of aliphatic imine (C=N–C) groups is 1. The van der Waals surface area contributed by atoms with Crippen molar-refractivity contribution in [2.75, 3.05) is 26.8 Å². The van der Waals surface area contributed by atoms with Crippen molar-refractivity contribution in [3.05, 3.63) is 36.4 Å². The second-order valence-corrected chi connectivity index (χ2v) is 4.28. The van der Waals surface area contributed by atoms with Crippen LogP contribution in [0.2, 0.25) is 0 Å². The van der Waals surface area contributed by atoms with Gasteiger partial charge in [-0.15, -0.1) is 6.58 Å². The molecule has 5 nitrogen and oxygen atoms in total. The van der Waals surface area contributed by atoms with E-state index in [9.17, 15) is 0 Å². The molecule has 0 atom stereocenters. The normalized spacial score (nSPS) is 10.9. The third-order valence-corrected chi connectivity index (χ3v) is 2.71. The zero-order valence-electron chi connectivity index (χ0n) is 13.1. The summed E-state index contributed by atoms with van der Waals surface area (Å²) in [4.78, 5) is 4.52. The Bertz CT molecular complexity index is 473. The summed E-state index contributed by atoms with van der Waals surface area (Å²) >= 11 is 0. The second-order valence-electron chi connectivity index (χ2n) is 4.28. The highest BCUT2D eigenvalue weighted by Gasteiger charge is 2.05. The van der Waals surface area contributed by atoms with Crippen molar-refractivity contribution >= 4 is 5.96 Å². The van der Waals surface area contributed by atoms with Crippen LogP contribution in [0.4, 0.5) is 0 Å². The Balaban J connectivity index is 2.78. The standard InChI is InChI=1S/C16H25N3O2/c1-5-10-18-16(17-6-2)19-12-13-8-9-14(21-7-3)15(11-13)20-4/h5,8-9,11H,1,6-7,10,12H2,2-4H3,(H2,17,18,19). The summed E-state index contributed by atoms with van der Waals surface area (Å²) in [6, 6.07) is 5.86. The zero-order chi connectivity index (χ0) is 15.5. The molecular weight excluding hydrogens is 266 g/mol. The van der Waals surface area contributed by atoms with Crippen LogP contribution in [0.15, 0.2) is 35.8 Å². The molecule has 0 aromatic heterocycles. The zero-order valence-corrected chi connectivity index (χ0v) is 13.1. The van der Waals surface area contributed by atoms with Crippen molar-refractivity contribution in [2.45, 2.75) is 20.4 Å². The molecule has 0 saturated heterocycles. The number of nitrogens with one attached hydrogen (secondary N) is 2. The number of ether oxygens (including phenoxy) is 2. The Morgan fingerprint density at radius 2 is 2.10 bits per heavy atom. The molecule has 116 valence electrons. The summed E-state index contributed by atoms with van der Waals surface area (Å²) in [5.74, 6) is 2.25. The van der Waals surface area contributed by atoms with E-state index in [4.69, 9.17) is 9.47 Å². The van der Waals surface area contributed by atoms with Crippen LogP contribution in [0.5, 0.6) is 11.5 Å². The van der Waals surface area contributed by atoms with Crippen molar-refractivity contribution in [2.24, 2.45) is 4.99 Å². The van der Waals surface area contributed by atoms with E-state index in [0.717, 1.165) is 29.6 Å². The van der Waals surface area contributed by atoms with E-state index >= 15 is 0 Å². The molecule has 1 aromatic rings. The van der Waals surface area contributed by atoms with E-state index in [2.05, 4.69) is 22.2 Å². The average molecular weight is 291 g/mol. The molecule has 0 heterocycles. The van der Waals surface area contributed by atoms with Crippen LogP contribution in [0, 0.1) is 0 Å². The molecule has 1 aromatic carbocycles. The highest BCUT2D eigenvalue weighted by Crippen LogP contribution is 2.28. The molecule has 0 aliphatic heterocycles. The molecule has 0 spiro atoms. The van der Waals surface area contributed by atoms with Gasteiger partial charge >= 0.3 is 0 Å². The average Bonchev–Trinajstić information content (AvgIpc) is 2.51. The lowest BCUT2D eigenvalue weighted by Crippen LogP contribution is -2.37. The molecule has 0 radical (unpaired) electrons. The van der Waals surface area contributed by atoms with E-state index in [0.29, 0.717) is 19.7 Å². The summed E-state index contributed by atoms with van der Waals surface area (Å²) in [5, 5.41) is 6.35. The summed E-state index contributed by atoms with van der Waals surface area (Å²) in [7, 11) is 1.64. The lowest BCUT2D eigenvalue weighted by molar-refractivity contribution is 0.310. The van der Waals surface area contributed by atoms with Crippen LogP contribution in [-0.4, -0.2) is 32.8 Å². The Hall–Kier alpha value is -2.17. The molecule has 0 aliphatic carbocycles. The number of methoxy groups -OCH3 is 1. The number of rotatable bonds is 8. The fourth-order valence-corrected chi connectivity index (χ4v) is 1.77. The Morgan fingerprint density at radius 3 is 2.71 bits per heavy atom. The molecule has 21 heavy (non-hydrogen) atoms. The monoisotopic (exact) mass is 291 g/mol. The fraction of sp³-hybridized carbons (Fsp3) is 0.438. The van der Waals surface area contributed by atoms with Crippen LogP contribution in [-0.2, 0) is 6.54 Å². The SMILES string of the molecule is C=CCNC(=NCc1ccc(OCC)c(OC)c1)NCC. The minimum Gasteiger partial charge on any atom is -0.493 e. The lowest BCUT2D eigenvalue weighted by Gasteiger charge is -2.11. The van der Waals surface area contributed by atoms with E-state index < -0.39 is 0 Å². The van der Waals surface area contributed by atoms with Crippen LogP contribution >= 0.6 is 0 Å². The minimum atomic E-state index is 0.565. The second kappa shape index (κ2) is 9.69. The maximum atomic E-state index is 5.50. The van der Waals surface area contributed by atoms with E-state index in [1.807, 2.05) is 32.0 Å². The quantitative estimate of drug-likeness (QED) is 0.438. The van der Waals surface area contributed by atoms with Gasteiger partial charge in [0.2, 0.25) is 0 Å². The first-order chi connectivity index (χ1) is 10.2. The molecule has 2 N–H and O–H groups in total. The first-order valence-corrected chi connectivity index (χ1v) is 7.17. The molecule has 5 heteroatoms. The lowest BCUT2D eigenvalue weighted by atomic mass is 10.2. The van der Waals surface area contributed by atoms with Gasteiger partial charge in [0.05, 0.1) is 20.3 Å². The third kappa shape index (κ3) is 5.77. The molecule has 1 rings (SSSR count). The number of hydrogen-bond acceptors (Lipinski definition) is 3. The van der Waals surface area contributed by atoms with E-state index in [1.165, 1.54) is 0 Å². The van der Waals surface area contributed by atoms with Gasteiger partial charge in [0.25, 0.3) is 0 Å². The van der Waals surface area contributed by atoms with Gasteiger partial charge in [0.1, 0.15) is 0 Å². The van der Waals surface area contributed by atoms with Crippen molar-refractivity contribution in [3.63, 3.8) is 0 Å². The number of nitrogens with zero attached hydrogens (tertiary/aromatic N) is 1. The molecule has 0 bridgehead atoms. The number of guanidine groups is 1. The minimum absolute atomic E-state index is 0.565. The van der Waals surface area contributed by atoms with Crippen LogP contribution in [0.3, 0.4) is 0 Å². The first kappa shape index (κ1) is 16.9. The maximum Gasteiger partial charge on any atom is 0.191 e. The van der Waals surface area contributed by atoms with Crippen molar-refractivity contribution in [3.8, 4) is 11.5 Å². The van der Waals surface area contributed by atoms with Gasteiger partial charge in [-0.2, -0.15) is 0 Å². The highest BCUT2D eigenvalue weighted by molar-refractivity contribution is 5.79. The van der Waals surface area contributed by atoms with Gasteiger partial charge < -0.3 is 20.1 Å². The summed E-state index contributed by atoms with van der Waals surface area (Å²) in [6.07, 6.45) is 1.80. The predicted octanol–water partition coefficient (Wildman–Crippen LogP) is 2.33. The van der Waals surface area contributed by atoms with E-state index in [1.54, 1.807) is 13.2 Å². The largest absolute Gasteiger partial charge is 0.493 e. The van der Waals surface area contributed by atoms with Gasteiger partial charge in [-0.05, 0) is 31.5 Å². The Morgan fingerprint density at radius 1 is 1.29 bits per heavy atom. The summed E-state index contributed by atoms with van der Waals surface area (Å²) < 4.78 is 10.8. The number of benzene rings is 1. The molecule has 0 fully saturated rings. The molecule has 0 unspecified atom stereocenters. The van der Waals surface area contributed by atoms with E-state index in [-0.39, 0.29) is 0 Å². The Kier molecular flexibility index (Phi) is 7.79. The highest BCUT2D eigenvalue weighted by atomic mass is 16.5. The van der Waals surface area contributed by atoms with Crippen LogP contribution in [0.25, 0.3) is 0 Å². The van der Waals surface area contributed by atoms with Crippen LogP contribution in [0.1, 0.15) is 19.4 Å². The molecule has 0 aliphatic rings. The molecular formula is C16H25N3O2. The van der Waals surface area contributed by atoms with Gasteiger partial charge in [-0.25, -0.2) is 4.99 Å². The van der Waals surface area contributed by atoms with Gasteiger partial charge in [-0.3, -0.25) is 0 Å². The van der Waals surface area contributed by atoms with Crippen molar-refractivity contribution in [1.82, 2.24) is 10.6 Å². The van der Waals surface area contributed by atoms with Crippen molar-refractivity contribution < 1.29 is 9.47 Å². The summed E-state index contributed by atoms with van der Waals surface area (Å²) in [6.45, 7) is 10.3. The first-order valence-electron chi connectivity index (χ1n) is 7.17. The maximum absolute atomic E-state index is 5.50.